The van der Waals surface area contributed by atoms with Crippen molar-refractivity contribution in [3.8, 4) is 5.75 Å². The normalized spacial score (nSPS) is 20.7. The van der Waals surface area contributed by atoms with Crippen LogP contribution in [0, 0.1) is 5.92 Å². The lowest BCUT2D eigenvalue weighted by atomic mass is 9.97. The first-order valence-corrected chi connectivity index (χ1v) is 12.0. The summed E-state index contributed by atoms with van der Waals surface area (Å²) in [6, 6.07) is 15.0. The molecule has 8 heteroatoms. The Labute approximate surface area is 205 Å². The second-order valence-corrected chi connectivity index (χ2v) is 9.05. The van der Waals surface area contributed by atoms with Crippen LogP contribution in [-0.2, 0) is 14.3 Å². The van der Waals surface area contributed by atoms with Crippen LogP contribution in [0.2, 0.25) is 5.02 Å². The number of rotatable bonds is 7. The first-order chi connectivity index (χ1) is 16.5. The SMILES string of the molecule is CCOC(=O)[C@H]1CCCN(CC(=O)N2N=C(c3cccc(OC)c3)C[C@H]2c2ccc(Cl)cc2)C1. The monoisotopic (exact) mass is 483 g/mol. The highest BCUT2D eigenvalue weighted by Crippen LogP contribution is 2.34. The summed E-state index contributed by atoms with van der Waals surface area (Å²) >= 11 is 6.10. The maximum atomic E-state index is 13.5. The number of methoxy groups -OCH3 is 1. The fraction of sp³-hybridized carbons (Fsp3) is 0.423. The number of hydrogen-bond donors (Lipinski definition) is 0. The standard InChI is InChI=1S/C26H30ClN3O4/c1-3-34-26(32)20-7-5-13-29(16-20)17-25(31)30-24(18-9-11-21(27)12-10-18)15-23(28-30)19-6-4-8-22(14-19)33-2/h4,6,8-12,14,20,24H,3,5,7,13,15-17H2,1-2H3/t20-,24-/m0/s1. The molecule has 7 nitrogen and oxygen atoms in total. The first-order valence-electron chi connectivity index (χ1n) is 11.7. The van der Waals surface area contributed by atoms with Crippen LogP contribution < -0.4 is 4.74 Å². The number of ether oxygens (including phenoxy) is 2. The zero-order valence-corrected chi connectivity index (χ0v) is 20.3. The van der Waals surface area contributed by atoms with E-state index in [0.29, 0.717) is 24.6 Å². The molecule has 180 valence electrons. The van der Waals surface area contributed by atoms with Gasteiger partial charge in [-0.1, -0.05) is 35.9 Å². The van der Waals surface area contributed by atoms with Gasteiger partial charge >= 0.3 is 5.97 Å². The molecule has 0 aromatic heterocycles. The fourth-order valence-electron chi connectivity index (χ4n) is 4.58. The summed E-state index contributed by atoms with van der Waals surface area (Å²) < 4.78 is 10.6. The average Bonchev–Trinajstić information content (AvgIpc) is 3.31. The Bertz CT molecular complexity index is 1060. The summed E-state index contributed by atoms with van der Waals surface area (Å²) in [5.74, 6) is 0.273. The van der Waals surface area contributed by atoms with Crippen LogP contribution in [-0.4, -0.2) is 60.8 Å². The number of likely N-dealkylation sites (tertiary alicyclic amines) is 1. The molecule has 2 aliphatic heterocycles. The summed E-state index contributed by atoms with van der Waals surface area (Å²) in [5.41, 5.74) is 2.73. The summed E-state index contributed by atoms with van der Waals surface area (Å²) in [6.07, 6.45) is 2.24. The smallest absolute Gasteiger partial charge is 0.310 e. The highest BCUT2D eigenvalue weighted by atomic mass is 35.5. The van der Waals surface area contributed by atoms with Crippen LogP contribution >= 0.6 is 11.6 Å². The molecule has 2 heterocycles. The number of halogens is 1. The number of piperidine rings is 1. The van der Waals surface area contributed by atoms with E-state index in [2.05, 4.69) is 0 Å². The number of hydrogen-bond acceptors (Lipinski definition) is 6. The third-order valence-corrected chi connectivity index (χ3v) is 6.56. The van der Waals surface area contributed by atoms with Gasteiger partial charge in [-0.15, -0.1) is 0 Å². The number of nitrogens with zero attached hydrogens (tertiary/aromatic N) is 3. The molecule has 1 saturated heterocycles. The van der Waals surface area contributed by atoms with Gasteiger partial charge in [0.05, 0.1) is 37.9 Å². The number of benzene rings is 2. The Morgan fingerprint density at radius 1 is 1.18 bits per heavy atom. The molecular formula is C26H30ClN3O4. The average molecular weight is 484 g/mol. The van der Waals surface area contributed by atoms with E-state index < -0.39 is 0 Å². The van der Waals surface area contributed by atoms with Crippen molar-refractivity contribution < 1.29 is 19.1 Å². The van der Waals surface area contributed by atoms with Gasteiger partial charge in [-0.25, -0.2) is 5.01 Å². The van der Waals surface area contributed by atoms with Crippen molar-refractivity contribution in [3.63, 3.8) is 0 Å². The van der Waals surface area contributed by atoms with Gasteiger partial charge in [-0.2, -0.15) is 5.10 Å². The second kappa shape index (κ2) is 11.0. The van der Waals surface area contributed by atoms with E-state index >= 15 is 0 Å². The molecular weight excluding hydrogens is 454 g/mol. The Morgan fingerprint density at radius 2 is 1.97 bits per heavy atom. The number of hydrazone groups is 1. The summed E-state index contributed by atoms with van der Waals surface area (Å²) in [7, 11) is 1.63. The topological polar surface area (TPSA) is 71.4 Å². The third-order valence-electron chi connectivity index (χ3n) is 6.31. The van der Waals surface area contributed by atoms with Crippen molar-refractivity contribution in [1.29, 1.82) is 0 Å². The molecule has 2 aromatic carbocycles. The number of amides is 1. The molecule has 0 spiro atoms. The molecule has 1 fully saturated rings. The Hall–Kier alpha value is -2.90. The van der Waals surface area contributed by atoms with E-state index in [9.17, 15) is 9.59 Å². The van der Waals surface area contributed by atoms with Gasteiger partial charge in [0, 0.05) is 23.6 Å². The van der Waals surface area contributed by atoms with Crippen LogP contribution in [0.4, 0.5) is 0 Å². The maximum Gasteiger partial charge on any atom is 0.310 e. The lowest BCUT2D eigenvalue weighted by molar-refractivity contribution is -0.150. The van der Waals surface area contributed by atoms with Crippen molar-refractivity contribution in [2.75, 3.05) is 33.4 Å². The number of carbonyl (C=O) groups excluding carboxylic acids is 2. The van der Waals surface area contributed by atoms with E-state index in [1.165, 1.54) is 0 Å². The molecule has 4 rings (SSSR count). The van der Waals surface area contributed by atoms with Gasteiger partial charge in [0.1, 0.15) is 5.75 Å². The van der Waals surface area contributed by atoms with Gasteiger partial charge in [0.25, 0.3) is 5.91 Å². The van der Waals surface area contributed by atoms with Crippen LogP contribution in [0.25, 0.3) is 0 Å². The van der Waals surface area contributed by atoms with Gasteiger partial charge in [0.15, 0.2) is 0 Å². The summed E-state index contributed by atoms with van der Waals surface area (Å²) in [5, 5.41) is 6.99. The van der Waals surface area contributed by atoms with Crippen LogP contribution in [0.1, 0.15) is 43.4 Å². The molecule has 34 heavy (non-hydrogen) atoms. The van der Waals surface area contributed by atoms with Crippen molar-refractivity contribution in [1.82, 2.24) is 9.91 Å². The Morgan fingerprint density at radius 3 is 2.71 bits per heavy atom. The molecule has 2 atom stereocenters. The molecule has 0 radical (unpaired) electrons. The van der Waals surface area contributed by atoms with E-state index in [-0.39, 0.29) is 30.4 Å². The van der Waals surface area contributed by atoms with E-state index in [1.807, 2.05) is 60.4 Å². The van der Waals surface area contributed by atoms with Crippen molar-refractivity contribution in [2.24, 2.45) is 11.0 Å². The van der Waals surface area contributed by atoms with Crippen LogP contribution in [0.5, 0.6) is 5.75 Å². The van der Waals surface area contributed by atoms with Crippen molar-refractivity contribution >= 4 is 29.2 Å². The minimum absolute atomic E-state index is 0.0950. The Balaban J connectivity index is 1.55. The van der Waals surface area contributed by atoms with Gasteiger partial charge in [-0.3, -0.25) is 14.5 Å². The van der Waals surface area contributed by atoms with E-state index in [1.54, 1.807) is 12.1 Å². The van der Waals surface area contributed by atoms with Crippen molar-refractivity contribution in [3.05, 3.63) is 64.7 Å². The zero-order valence-electron chi connectivity index (χ0n) is 19.6. The summed E-state index contributed by atoms with van der Waals surface area (Å²) in [6.45, 7) is 3.68. The number of carbonyl (C=O) groups is 2. The molecule has 0 aliphatic carbocycles. The second-order valence-electron chi connectivity index (χ2n) is 8.61. The maximum absolute atomic E-state index is 13.5. The molecule has 2 aliphatic rings. The number of esters is 1. The summed E-state index contributed by atoms with van der Waals surface area (Å²) in [4.78, 5) is 27.7. The van der Waals surface area contributed by atoms with Gasteiger partial charge < -0.3 is 9.47 Å². The van der Waals surface area contributed by atoms with Gasteiger partial charge in [-0.05, 0) is 56.1 Å². The lowest BCUT2D eigenvalue weighted by Gasteiger charge is -2.32. The third kappa shape index (κ3) is 5.59. The molecule has 0 saturated carbocycles. The highest BCUT2D eigenvalue weighted by molar-refractivity contribution is 6.30. The van der Waals surface area contributed by atoms with E-state index in [0.717, 1.165) is 42.0 Å². The van der Waals surface area contributed by atoms with Gasteiger partial charge in [0.2, 0.25) is 0 Å². The van der Waals surface area contributed by atoms with Crippen LogP contribution in [0.3, 0.4) is 0 Å². The fourth-order valence-corrected chi connectivity index (χ4v) is 4.70. The predicted molar refractivity (Wildman–Crippen MR) is 131 cm³/mol. The van der Waals surface area contributed by atoms with Crippen LogP contribution in [0.15, 0.2) is 53.6 Å². The predicted octanol–water partition coefficient (Wildman–Crippen LogP) is 4.30. The minimum atomic E-state index is -0.225. The largest absolute Gasteiger partial charge is 0.497 e. The first kappa shape index (κ1) is 24.2. The van der Waals surface area contributed by atoms with Crippen molar-refractivity contribution in [2.45, 2.75) is 32.2 Å². The highest BCUT2D eigenvalue weighted by Gasteiger charge is 2.35. The minimum Gasteiger partial charge on any atom is -0.497 e. The quantitative estimate of drug-likeness (QED) is 0.549. The molecule has 0 unspecified atom stereocenters. The molecule has 2 aromatic rings. The zero-order chi connectivity index (χ0) is 24.1. The molecule has 0 bridgehead atoms. The molecule has 0 N–H and O–H groups in total. The lowest BCUT2D eigenvalue weighted by Crippen LogP contribution is -2.44. The Kier molecular flexibility index (Phi) is 7.85. The van der Waals surface area contributed by atoms with E-state index in [4.69, 9.17) is 26.2 Å². The molecule has 1 amide bonds.